The molecular formula is C13H14N4. The zero-order valence-corrected chi connectivity index (χ0v) is 10.0. The van der Waals surface area contributed by atoms with E-state index in [2.05, 4.69) is 36.1 Å². The fraction of sp³-hybridized carbons (Fsp3) is 0.308. The van der Waals surface area contributed by atoms with E-state index in [1.54, 1.807) is 12.3 Å². The van der Waals surface area contributed by atoms with Gasteiger partial charge in [0, 0.05) is 11.9 Å². The van der Waals surface area contributed by atoms with Crippen molar-refractivity contribution < 1.29 is 0 Å². The van der Waals surface area contributed by atoms with Gasteiger partial charge in [0.25, 0.3) is 0 Å². The zero-order chi connectivity index (χ0) is 12.3. The van der Waals surface area contributed by atoms with E-state index < -0.39 is 0 Å². The van der Waals surface area contributed by atoms with E-state index in [1.165, 1.54) is 0 Å². The van der Waals surface area contributed by atoms with Gasteiger partial charge in [-0.3, -0.25) is 0 Å². The Hall–Kier alpha value is -2.15. The molecule has 0 saturated heterocycles. The van der Waals surface area contributed by atoms with Crippen molar-refractivity contribution in [1.29, 1.82) is 5.26 Å². The van der Waals surface area contributed by atoms with Gasteiger partial charge in [0.15, 0.2) is 5.82 Å². The summed E-state index contributed by atoms with van der Waals surface area (Å²) < 4.78 is 1.85. The Morgan fingerprint density at radius 1 is 1.29 bits per heavy atom. The Morgan fingerprint density at radius 3 is 2.65 bits per heavy atom. The van der Waals surface area contributed by atoms with Crippen LogP contribution in [0.4, 0.5) is 0 Å². The van der Waals surface area contributed by atoms with E-state index in [1.807, 2.05) is 10.7 Å². The molecule has 0 aliphatic rings. The van der Waals surface area contributed by atoms with Gasteiger partial charge in [-0.25, -0.2) is 9.67 Å². The lowest BCUT2D eigenvalue weighted by Crippen LogP contribution is -2.03. The molecule has 0 aromatic carbocycles. The van der Waals surface area contributed by atoms with Crippen LogP contribution in [-0.2, 0) is 12.8 Å². The van der Waals surface area contributed by atoms with Crippen molar-refractivity contribution in [2.24, 2.45) is 0 Å². The zero-order valence-electron chi connectivity index (χ0n) is 10.0. The number of pyridine rings is 1. The van der Waals surface area contributed by atoms with Crippen molar-refractivity contribution in [3.8, 4) is 11.9 Å². The number of rotatable bonds is 3. The maximum Gasteiger partial charge on any atom is 0.153 e. The van der Waals surface area contributed by atoms with Crippen LogP contribution in [0.1, 0.15) is 30.8 Å². The summed E-state index contributed by atoms with van der Waals surface area (Å²) in [5.41, 5.74) is 2.77. The predicted octanol–water partition coefficient (Wildman–Crippen LogP) is 2.26. The minimum atomic E-state index is 0.565. The van der Waals surface area contributed by atoms with E-state index in [-0.39, 0.29) is 0 Å². The quantitative estimate of drug-likeness (QED) is 0.806. The second-order valence-electron chi connectivity index (χ2n) is 3.76. The lowest BCUT2D eigenvalue weighted by molar-refractivity contribution is 0.772. The van der Waals surface area contributed by atoms with Crippen LogP contribution < -0.4 is 0 Å². The summed E-state index contributed by atoms with van der Waals surface area (Å²) in [5, 5.41) is 13.2. The first-order chi connectivity index (χ1) is 8.28. The summed E-state index contributed by atoms with van der Waals surface area (Å²) in [4.78, 5) is 4.25. The van der Waals surface area contributed by atoms with Gasteiger partial charge in [0.05, 0.1) is 11.3 Å². The molecule has 0 amide bonds. The van der Waals surface area contributed by atoms with Crippen molar-refractivity contribution in [1.82, 2.24) is 14.8 Å². The molecule has 2 heterocycles. The highest BCUT2D eigenvalue weighted by Gasteiger charge is 2.08. The summed E-state index contributed by atoms with van der Waals surface area (Å²) in [5.74, 6) is 0.764. The summed E-state index contributed by atoms with van der Waals surface area (Å²) in [6.45, 7) is 4.18. The second-order valence-corrected chi connectivity index (χ2v) is 3.76. The fourth-order valence-electron chi connectivity index (χ4n) is 1.68. The smallest absolute Gasteiger partial charge is 0.153 e. The van der Waals surface area contributed by atoms with E-state index in [0.717, 1.165) is 30.0 Å². The first-order valence-electron chi connectivity index (χ1n) is 5.72. The van der Waals surface area contributed by atoms with Gasteiger partial charge >= 0.3 is 0 Å². The van der Waals surface area contributed by atoms with Gasteiger partial charge in [0.2, 0.25) is 0 Å². The molecule has 0 fully saturated rings. The average molecular weight is 226 g/mol. The minimum absolute atomic E-state index is 0.565. The van der Waals surface area contributed by atoms with Gasteiger partial charge in [-0.05, 0) is 31.0 Å². The fourth-order valence-corrected chi connectivity index (χ4v) is 1.68. The van der Waals surface area contributed by atoms with Crippen molar-refractivity contribution >= 4 is 0 Å². The number of nitriles is 1. The Balaban J connectivity index is 2.44. The highest BCUT2D eigenvalue weighted by molar-refractivity contribution is 5.33. The molecule has 0 atom stereocenters. The minimum Gasteiger partial charge on any atom is -0.236 e. The molecule has 2 rings (SSSR count). The average Bonchev–Trinajstić information content (AvgIpc) is 2.82. The van der Waals surface area contributed by atoms with Crippen LogP contribution in [0, 0.1) is 11.3 Å². The van der Waals surface area contributed by atoms with Crippen LogP contribution >= 0.6 is 0 Å². The van der Waals surface area contributed by atoms with Crippen LogP contribution in [0.2, 0.25) is 0 Å². The lowest BCUT2D eigenvalue weighted by Gasteiger charge is -2.04. The van der Waals surface area contributed by atoms with Crippen LogP contribution in [0.5, 0.6) is 0 Å². The van der Waals surface area contributed by atoms with E-state index >= 15 is 0 Å². The monoisotopic (exact) mass is 226 g/mol. The summed E-state index contributed by atoms with van der Waals surface area (Å²) >= 11 is 0. The molecular weight excluding hydrogens is 212 g/mol. The Labute approximate surface area is 101 Å². The number of hydrogen-bond donors (Lipinski definition) is 0. The number of nitrogens with zero attached hydrogens (tertiary/aromatic N) is 4. The van der Waals surface area contributed by atoms with Gasteiger partial charge < -0.3 is 0 Å². The first kappa shape index (κ1) is 11.3. The molecule has 86 valence electrons. The third-order valence-corrected chi connectivity index (χ3v) is 2.65. The molecule has 2 aromatic heterocycles. The van der Waals surface area contributed by atoms with Crippen LogP contribution in [0.15, 0.2) is 24.4 Å². The molecule has 0 unspecified atom stereocenters. The highest BCUT2D eigenvalue weighted by Crippen LogP contribution is 2.12. The third-order valence-electron chi connectivity index (χ3n) is 2.65. The van der Waals surface area contributed by atoms with Crippen LogP contribution in [0.3, 0.4) is 0 Å². The summed E-state index contributed by atoms with van der Waals surface area (Å²) in [6.07, 6.45) is 3.40. The maximum atomic E-state index is 8.73. The van der Waals surface area contributed by atoms with Crippen molar-refractivity contribution in [3.05, 3.63) is 41.3 Å². The molecule has 0 saturated carbocycles. The number of aromatic nitrogens is 3. The van der Waals surface area contributed by atoms with Crippen molar-refractivity contribution in [3.63, 3.8) is 0 Å². The Kier molecular flexibility index (Phi) is 3.20. The van der Waals surface area contributed by atoms with E-state index in [9.17, 15) is 0 Å². The normalized spacial score (nSPS) is 10.2. The number of hydrogen-bond acceptors (Lipinski definition) is 3. The first-order valence-corrected chi connectivity index (χ1v) is 5.72. The molecule has 4 nitrogen and oxygen atoms in total. The topological polar surface area (TPSA) is 54.5 Å². The van der Waals surface area contributed by atoms with E-state index in [4.69, 9.17) is 5.26 Å². The Bertz CT molecular complexity index is 546. The molecule has 0 N–H and O–H groups in total. The lowest BCUT2D eigenvalue weighted by atomic mass is 10.2. The largest absolute Gasteiger partial charge is 0.236 e. The standard InChI is InChI=1S/C13H14N4/c1-3-11-7-12(4-2)17(16-11)13-6-5-10(8-14)9-15-13/h5-7,9H,3-4H2,1-2H3. The summed E-state index contributed by atoms with van der Waals surface area (Å²) in [7, 11) is 0. The molecule has 4 heteroatoms. The molecule has 17 heavy (non-hydrogen) atoms. The Morgan fingerprint density at radius 2 is 2.12 bits per heavy atom. The molecule has 0 radical (unpaired) electrons. The van der Waals surface area contributed by atoms with Crippen molar-refractivity contribution in [2.45, 2.75) is 26.7 Å². The van der Waals surface area contributed by atoms with Crippen LogP contribution in [-0.4, -0.2) is 14.8 Å². The van der Waals surface area contributed by atoms with Gasteiger partial charge in [-0.1, -0.05) is 13.8 Å². The highest BCUT2D eigenvalue weighted by atomic mass is 15.3. The van der Waals surface area contributed by atoms with Gasteiger partial charge in [-0.2, -0.15) is 10.4 Å². The third kappa shape index (κ3) is 2.18. The molecule has 0 spiro atoms. The molecule has 0 aliphatic carbocycles. The van der Waals surface area contributed by atoms with Gasteiger partial charge in [0.1, 0.15) is 6.07 Å². The maximum absolute atomic E-state index is 8.73. The van der Waals surface area contributed by atoms with Gasteiger partial charge in [-0.15, -0.1) is 0 Å². The second kappa shape index (κ2) is 4.79. The molecule has 0 bridgehead atoms. The number of aryl methyl sites for hydroxylation is 2. The van der Waals surface area contributed by atoms with Crippen LogP contribution in [0.25, 0.3) is 5.82 Å². The molecule has 2 aromatic rings. The predicted molar refractivity (Wildman–Crippen MR) is 64.8 cm³/mol. The van der Waals surface area contributed by atoms with Crippen molar-refractivity contribution in [2.75, 3.05) is 0 Å². The SMILES string of the molecule is CCc1cc(CC)n(-c2ccc(C#N)cn2)n1. The summed E-state index contributed by atoms with van der Waals surface area (Å²) in [6, 6.07) is 7.74. The molecule has 0 aliphatic heterocycles. The van der Waals surface area contributed by atoms with E-state index in [0.29, 0.717) is 5.56 Å².